The summed E-state index contributed by atoms with van der Waals surface area (Å²) in [5.41, 5.74) is 8.12. The zero-order valence-corrected chi connectivity index (χ0v) is 10.3. The number of nitrogens with two attached hydrogens (primary N) is 1. The van der Waals surface area contributed by atoms with Crippen molar-refractivity contribution in [3.63, 3.8) is 0 Å². The van der Waals surface area contributed by atoms with Gasteiger partial charge in [-0.25, -0.2) is 4.98 Å². The topological polar surface area (TPSA) is 54.7 Å². The number of hydrogen-bond donors (Lipinski definition) is 2. The Bertz CT molecular complexity index is 406. The average molecular weight is 240 g/mol. The molecule has 0 aliphatic carbocycles. The highest BCUT2D eigenvalue weighted by molar-refractivity contribution is 5.85. The van der Waals surface area contributed by atoms with Crippen molar-refractivity contribution in [3.8, 4) is 0 Å². The zero-order valence-electron chi connectivity index (χ0n) is 9.44. The van der Waals surface area contributed by atoms with E-state index in [0.29, 0.717) is 0 Å². The van der Waals surface area contributed by atoms with Crippen molar-refractivity contribution in [1.29, 1.82) is 0 Å². The van der Waals surface area contributed by atoms with Gasteiger partial charge in [0, 0.05) is 0 Å². The van der Waals surface area contributed by atoms with Crippen molar-refractivity contribution in [3.05, 3.63) is 30.1 Å². The van der Waals surface area contributed by atoms with Crippen LogP contribution in [0.1, 0.15) is 38.1 Å². The molecule has 2 aromatic rings. The molecule has 1 unspecified atom stereocenters. The number of rotatable bonds is 4. The Morgan fingerprint density at radius 3 is 2.81 bits per heavy atom. The van der Waals surface area contributed by atoms with Crippen LogP contribution >= 0.6 is 12.4 Å². The van der Waals surface area contributed by atoms with Crippen LogP contribution in [0.4, 0.5) is 0 Å². The van der Waals surface area contributed by atoms with Crippen molar-refractivity contribution in [2.75, 3.05) is 0 Å². The molecule has 3 nitrogen and oxygen atoms in total. The third-order valence-corrected chi connectivity index (χ3v) is 2.63. The molecule has 4 heteroatoms. The second-order valence-corrected chi connectivity index (χ2v) is 3.89. The monoisotopic (exact) mass is 239 g/mol. The number of H-pyrrole nitrogens is 1. The van der Waals surface area contributed by atoms with Crippen molar-refractivity contribution in [1.82, 2.24) is 9.97 Å². The Balaban J connectivity index is 0.00000128. The molecule has 3 N–H and O–H groups in total. The Hall–Kier alpha value is -1.06. The van der Waals surface area contributed by atoms with Crippen molar-refractivity contribution < 1.29 is 0 Å². The van der Waals surface area contributed by atoms with E-state index in [1.165, 1.54) is 6.42 Å². The van der Waals surface area contributed by atoms with Crippen LogP contribution in [-0.2, 0) is 0 Å². The molecule has 0 bridgehead atoms. The van der Waals surface area contributed by atoms with Gasteiger partial charge in [-0.2, -0.15) is 0 Å². The van der Waals surface area contributed by atoms with E-state index in [1.807, 2.05) is 24.3 Å². The first-order valence-corrected chi connectivity index (χ1v) is 5.51. The summed E-state index contributed by atoms with van der Waals surface area (Å²) in [4.78, 5) is 7.75. The summed E-state index contributed by atoms with van der Waals surface area (Å²) in [6.45, 7) is 2.17. The number of fused-ring (bicyclic) bond motifs is 1. The standard InChI is InChI=1S/C12H17N3.ClH/c1-2-3-6-9(13)12-14-10-7-4-5-8-11(10)15-12;/h4-5,7-9H,2-3,6,13H2,1H3,(H,14,15);1H. The van der Waals surface area contributed by atoms with E-state index in [9.17, 15) is 0 Å². The summed E-state index contributed by atoms with van der Waals surface area (Å²) in [6, 6.07) is 8.06. The minimum Gasteiger partial charge on any atom is -0.341 e. The number of aromatic nitrogens is 2. The van der Waals surface area contributed by atoms with Gasteiger partial charge < -0.3 is 10.7 Å². The summed E-state index contributed by atoms with van der Waals surface area (Å²) in [5, 5.41) is 0. The molecule has 0 amide bonds. The normalized spacial score (nSPS) is 12.4. The number of unbranched alkanes of at least 4 members (excludes halogenated alkanes) is 1. The van der Waals surface area contributed by atoms with Gasteiger partial charge in [-0.3, -0.25) is 0 Å². The Morgan fingerprint density at radius 2 is 2.12 bits per heavy atom. The van der Waals surface area contributed by atoms with Crippen LogP contribution in [0.2, 0.25) is 0 Å². The fourth-order valence-corrected chi connectivity index (χ4v) is 1.71. The van der Waals surface area contributed by atoms with Crippen LogP contribution in [-0.4, -0.2) is 9.97 Å². The first kappa shape index (κ1) is 13.0. The molecule has 0 saturated heterocycles. The second-order valence-electron chi connectivity index (χ2n) is 3.89. The number of imidazole rings is 1. The summed E-state index contributed by atoms with van der Waals surface area (Å²) >= 11 is 0. The van der Waals surface area contributed by atoms with Crippen LogP contribution in [0.25, 0.3) is 11.0 Å². The Kier molecular flexibility index (Phi) is 4.77. The molecule has 1 aromatic carbocycles. The Labute approximate surface area is 102 Å². The van der Waals surface area contributed by atoms with E-state index < -0.39 is 0 Å². The molecule has 2 rings (SSSR count). The Morgan fingerprint density at radius 1 is 1.38 bits per heavy atom. The maximum Gasteiger partial charge on any atom is 0.124 e. The molecular formula is C12H18ClN3. The summed E-state index contributed by atoms with van der Waals surface area (Å²) in [6.07, 6.45) is 3.32. The number of hydrogen-bond acceptors (Lipinski definition) is 2. The number of aromatic amines is 1. The largest absolute Gasteiger partial charge is 0.341 e. The molecule has 0 radical (unpaired) electrons. The molecule has 16 heavy (non-hydrogen) atoms. The highest BCUT2D eigenvalue weighted by Gasteiger charge is 2.09. The van der Waals surface area contributed by atoms with Gasteiger partial charge >= 0.3 is 0 Å². The van der Waals surface area contributed by atoms with Gasteiger partial charge in [0.15, 0.2) is 0 Å². The number of halogens is 1. The molecule has 0 saturated carbocycles. The van der Waals surface area contributed by atoms with Gasteiger partial charge in [-0.15, -0.1) is 12.4 Å². The molecule has 0 spiro atoms. The van der Waals surface area contributed by atoms with Gasteiger partial charge in [0.2, 0.25) is 0 Å². The van der Waals surface area contributed by atoms with E-state index in [4.69, 9.17) is 5.73 Å². The fourth-order valence-electron chi connectivity index (χ4n) is 1.71. The predicted octanol–water partition coefficient (Wildman–Crippen LogP) is 3.17. The van der Waals surface area contributed by atoms with Crippen molar-refractivity contribution in [2.45, 2.75) is 32.2 Å². The van der Waals surface area contributed by atoms with Gasteiger partial charge in [0.1, 0.15) is 5.82 Å². The minimum absolute atomic E-state index is 0. The molecule has 1 heterocycles. The number of nitrogens with one attached hydrogen (secondary N) is 1. The molecule has 1 aromatic heterocycles. The molecule has 0 aliphatic heterocycles. The third-order valence-electron chi connectivity index (χ3n) is 2.63. The first-order valence-electron chi connectivity index (χ1n) is 5.51. The van der Waals surface area contributed by atoms with Crippen LogP contribution in [0.15, 0.2) is 24.3 Å². The lowest BCUT2D eigenvalue weighted by atomic mass is 10.1. The van der Waals surface area contributed by atoms with Crippen LogP contribution in [0.3, 0.4) is 0 Å². The second kappa shape index (κ2) is 5.87. The zero-order chi connectivity index (χ0) is 10.7. The number of nitrogens with zero attached hydrogens (tertiary/aromatic N) is 1. The first-order chi connectivity index (χ1) is 7.31. The maximum atomic E-state index is 6.05. The van der Waals surface area contributed by atoms with Crippen LogP contribution in [0, 0.1) is 0 Å². The van der Waals surface area contributed by atoms with Crippen LogP contribution in [0.5, 0.6) is 0 Å². The molecule has 88 valence electrons. The average Bonchev–Trinajstić information content (AvgIpc) is 2.69. The van der Waals surface area contributed by atoms with E-state index >= 15 is 0 Å². The van der Waals surface area contributed by atoms with E-state index in [-0.39, 0.29) is 18.4 Å². The van der Waals surface area contributed by atoms with Gasteiger partial charge in [0.05, 0.1) is 17.1 Å². The van der Waals surface area contributed by atoms with E-state index in [1.54, 1.807) is 0 Å². The van der Waals surface area contributed by atoms with Crippen molar-refractivity contribution >= 4 is 23.4 Å². The number of para-hydroxylation sites is 2. The summed E-state index contributed by atoms with van der Waals surface area (Å²) < 4.78 is 0. The van der Waals surface area contributed by atoms with Gasteiger partial charge in [-0.05, 0) is 18.6 Å². The lowest BCUT2D eigenvalue weighted by molar-refractivity contribution is 0.581. The highest BCUT2D eigenvalue weighted by Crippen LogP contribution is 2.17. The summed E-state index contributed by atoms with van der Waals surface area (Å²) in [5.74, 6) is 0.907. The molecular weight excluding hydrogens is 222 g/mol. The van der Waals surface area contributed by atoms with Crippen molar-refractivity contribution in [2.24, 2.45) is 5.73 Å². The predicted molar refractivity (Wildman–Crippen MR) is 69.8 cm³/mol. The number of benzene rings is 1. The SMILES string of the molecule is CCCCC(N)c1nc2ccccc2[nH]1.Cl. The third kappa shape index (κ3) is 2.74. The fraction of sp³-hybridized carbons (Fsp3) is 0.417. The smallest absolute Gasteiger partial charge is 0.124 e. The van der Waals surface area contributed by atoms with Gasteiger partial charge in [0.25, 0.3) is 0 Å². The maximum absolute atomic E-state index is 6.05. The lowest BCUT2D eigenvalue weighted by Gasteiger charge is -2.06. The molecule has 1 atom stereocenters. The van der Waals surface area contributed by atoms with Crippen LogP contribution < -0.4 is 5.73 Å². The van der Waals surface area contributed by atoms with E-state index in [2.05, 4.69) is 16.9 Å². The summed E-state index contributed by atoms with van der Waals surface area (Å²) in [7, 11) is 0. The minimum atomic E-state index is 0. The molecule has 0 fully saturated rings. The molecule has 0 aliphatic rings. The van der Waals surface area contributed by atoms with E-state index in [0.717, 1.165) is 29.7 Å². The lowest BCUT2D eigenvalue weighted by Crippen LogP contribution is -2.11. The van der Waals surface area contributed by atoms with Gasteiger partial charge in [-0.1, -0.05) is 31.9 Å². The quantitative estimate of drug-likeness (QED) is 0.861. The highest BCUT2D eigenvalue weighted by atomic mass is 35.5.